The molecule has 0 saturated heterocycles. The molecule has 1 aliphatic heterocycles. The molecule has 0 radical (unpaired) electrons. The van der Waals surface area contributed by atoms with Crippen molar-refractivity contribution in [3.8, 4) is 5.75 Å². The minimum atomic E-state index is -0.295. The fourth-order valence-corrected chi connectivity index (χ4v) is 3.58. The maximum atomic E-state index is 12.9. The number of aliphatic hydroxyl groups excluding tert-OH is 1. The summed E-state index contributed by atoms with van der Waals surface area (Å²) in [7, 11) is 0. The lowest BCUT2D eigenvalue weighted by atomic mass is 10.1. The molecule has 0 fully saturated rings. The van der Waals surface area contributed by atoms with E-state index in [1.807, 2.05) is 26.0 Å². The van der Waals surface area contributed by atoms with E-state index in [4.69, 9.17) is 14.6 Å². The van der Waals surface area contributed by atoms with Gasteiger partial charge in [-0.2, -0.15) is 0 Å². The summed E-state index contributed by atoms with van der Waals surface area (Å²) in [5.74, 6) is 0.508. The highest BCUT2D eigenvalue weighted by molar-refractivity contribution is 8.04. The summed E-state index contributed by atoms with van der Waals surface area (Å²) in [4.78, 5) is 27.3. The van der Waals surface area contributed by atoms with Crippen LogP contribution in [-0.4, -0.2) is 60.5 Å². The van der Waals surface area contributed by atoms with Gasteiger partial charge in [0.15, 0.2) is 0 Å². The summed E-state index contributed by atoms with van der Waals surface area (Å²) in [5.41, 5.74) is 1.09. The summed E-state index contributed by atoms with van der Waals surface area (Å²) in [6, 6.07) is 7.22. The molecule has 6 nitrogen and oxygen atoms in total. The maximum Gasteiger partial charge on any atom is 0.267 e. The Hall–Kier alpha value is -1.83. The number of nitrogens with zero attached hydrogens (tertiary/aromatic N) is 1. The first-order valence-electron chi connectivity index (χ1n) is 9.29. The summed E-state index contributed by atoms with van der Waals surface area (Å²) in [6.45, 7) is 5.95. The Bertz CT molecular complexity index is 671. The minimum absolute atomic E-state index is 0.0585. The number of carbonyl (C=O) groups excluding carboxylic acids is 2. The average Bonchev–Trinajstić information content (AvgIpc) is 2.92. The first-order valence-corrected chi connectivity index (χ1v) is 10.3. The second-order valence-electron chi connectivity index (χ2n) is 5.96. The summed E-state index contributed by atoms with van der Waals surface area (Å²) in [6.07, 6.45) is 1.51. The molecule has 0 unspecified atom stereocenters. The van der Waals surface area contributed by atoms with E-state index in [2.05, 4.69) is 0 Å². The molecule has 2 rings (SSSR count). The Kier molecular flexibility index (Phi) is 8.84. The van der Waals surface area contributed by atoms with E-state index in [1.165, 1.54) is 16.7 Å². The van der Waals surface area contributed by atoms with Crippen molar-refractivity contribution in [3.05, 3.63) is 34.7 Å². The molecule has 27 heavy (non-hydrogen) atoms. The number of hydrogen-bond donors (Lipinski definition) is 1. The van der Waals surface area contributed by atoms with Crippen LogP contribution >= 0.6 is 11.8 Å². The maximum absolute atomic E-state index is 12.9. The number of carbonyl (C=O) groups is 2. The van der Waals surface area contributed by atoms with Gasteiger partial charge in [0.25, 0.3) is 11.8 Å². The molecule has 7 heteroatoms. The van der Waals surface area contributed by atoms with E-state index in [0.717, 1.165) is 12.2 Å². The van der Waals surface area contributed by atoms with E-state index in [0.29, 0.717) is 54.6 Å². The molecule has 0 aliphatic carbocycles. The van der Waals surface area contributed by atoms with E-state index < -0.39 is 0 Å². The molecule has 0 atom stereocenters. The van der Waals surface area contributed by atoms with Crippen LogP contribution in [0.3, 0.4) is 0 Å². The number of rotatable bonds is 12. The zero-order valence-electron chi connectivity index (χ0n) is 15.9. The van der Waals surface area contributed by atoms with Gasteiger partial charge >= 0.3 is 0 Å². The zero-order chi connectivity index (χ0) is 19.6. The fraction of sp³-hybridized carbons (Fsp3) is 0.500. The van der Waals surface area contributed by atoms with Gasteiger partial charge in [0.2, 0.25) is 0 Å². The van der Waals surface area contributed by atoms with Crippen LogP contribution in [0.1, 0.15) is 32.3 Å². The van der Waals surface area contributed by atoms with Crippen LogP contribution < -0.4 is 4.74 Å². The number of benzene rings is 1. The summed E-state index contributed by atoms with van der Waals surface area (Å²) >= 11 is 1.22. The van der Waals surface area contributed by atoms with Crippen LogP contribution in [-0.2, 0) is 14.3 Å². The summed E-state index contributed by atoms with van der Waals surface area (Å²) < 4.78 is 10.9. The van der Waals surface area contributed by atoms with Crippen LogP contribution in [0.5, 0.6) is 5.75 Å². The van der Waals surface area contributed by atoms with Gasteiger partial charge in [-0.3, -0.25) is 14.5 Å². The third-order valence-electron chi connectivity index (χ3n) is 3.95. The van der Waals surface area contributed by atoms with Crippen molar-refractivity contribution < 1.29 is 24.2 Å². The number of aliphatic hydroxyl groups is 1. The van der Waals surface area contributed by atoms with Crippen LogP contribution in [0.2, 0.25) is 0 Å². The molecule has 0 saturated carbocycles. The first kappa shape index (κ1) is 21.5. The predicted molar refractivity (Wildman–Crippen MR) is 107 cm³/mol. The lowest BCUT2D eigenvalue weighted by molar-refractivity contribution is -0.136. The van der Waals surface area contributed by atoms with Crippen LogP contribution in [0, 0.1) is 0 Å². The topological polar surface area (TPSA) is 76.1 Å². The van der Waals surface area contributed by atoms with Crippen molar-refractivity contribution in [2.45, 2.75) is 26.7 Å². The second-order valence-corrected chi connectivity index (χ2v) is 7.07. The Labute approximate surface area is 164 Å². The number of imide groups is 1. The molecule has 1 heterocycles. The Balaban J connectivity index is 2.21. The van der Waals surface area contributed by atoms with Gasteiger partial charge in [-0.1, -0.05) is 19.1 Å². The quantitative estimate of drug-likeness (QED) is 0.435. The molecule has 0 spiro atoms. The molecule has 2 amide bonds. The van der Waals surface area contributed by atoms with E-state index >= 15 is 0 Å². The first-order chi connectivity index (χ1) is 13.1. The van der Waals surface area contributed by atoms with Crippen molar-refractivity contribution in [2.24, 2.45) is 0 Å². The fourth-order valence-electron chi connectivity index (χ4n) is 2.70. The lowest BCUT2D eigenvalue weighted by Crippen LogP contribution is -2.33. The minimum Gasteiger partial charge on any atom is -0.494 e. The van der Waals surface area contributed by atoms with Gasteiger partial charge in [-0.15, -0.1) is 11.8 Å². The van der Waals surface area contributed by atoms with Crippen LogP contribution in [0.15, 0.2) is 29.2 Å². The third kappa shape index (κ3) is 5.57. The van der Waals surface area contributed by atoms with Crippen molar-refractivity contribution in [1.82, 2.24) is 4.90 Å². The molecule has 1 N–H and O–H groups in total. The summed E-state index contributed by atoms with van der Waals surface area (Å²) in [5, 5.41) is 9.13. The largest absolute Gasteiger partial charge is 0.494 e. The smallest absolute Gasteiger partial charge is 0.267 e. The average molecular weight is 394 g/mol. The Morgan fingerprint density at radius 1 is 1.07 bits per heavy atom. The van der Waals surface area contributed by atoms with Gasteiger partial charge in [0, 0.05) is 25.5 Å². The molecule has 1 aliphatic rings. The van der Waals surface area contributed by atoms with Gasteiger partial charge in [0.1, 0.15) is 5.75 Å². The molecular weight excluding hydrogens is 366 g/mol. The van der Waals surface area contributed by atoms with E-state index in [-0.39, 0.29) is 18.4 Å². The number of hydrogen-bond acceptors (Lipinski definition) is 6. The highest BCUT2D eigenvalue weighted by Crippen LogP contribution is 2.36. The van der Waals surface area contributed by atoms with Gasteiger partial charge < -0.3 is 14.6 Å². The zero-order valence-corrected chi connectivity index (χ0v) is 16.7. The van der Waals surface area contributed by atoms with E-state index in [9.17, 15) is 9.59 Å². The Morgan fingerprint density at radius 3 is 2.44 bits per heavy atom. The van der Waals surface area contributed by atoms with Crippen molar-refractivity contribution in [2.75, 3.05) is 38.7 Å². The van der Waals surface area contributed by atoms with Crippen molar-refractivity contribution >= 4 is 29.1 Å². The highest BCUT2D eigenvalue weighted by atomic mass is 32.2. The van der Waals surface area contributed by atoms with Gasteiger partial charge in [0.05, 0.1) is 23.7 Å². The molecule has 0 aromatic heterocycles. The second kappa shape index (κ2) is 11.1. The molecule has 0 bridgehead atoms. The van der Waals surface area contributed by atoms with E-state index in [1.54, 1.807) is 12.1 Å². The predicted octanol–water partition coefficient (Wildman–Crippen LogP) is 2.71. The number of ether oxygens (including phenoxy) is 2. The SMILES string of the molecule is CCCOc1ccc(C2=C(SCCO)C(=O)N(CCCOCC)C2=O)cc1. The van der Waals surface area contributed by atoms with Crippen LogP contribution in [0.25, 0.3) is 5.57 Å². The van der Waals surface area contributed by atoms with Crippen molar-refractivity contribution in [1.29, 1.82) is 0 Å². The normalized spacial score (nSPS) is 14.4. The van der Waals surface area contributed by atoms with Crippen molar-refractivity contribution in [3.63, 3.8) is 0 Å². The Morgan fingerprint density at radius 2 is 1.81 bits per heavy atom. The lowest BCUT2D eigenvalue weighted by Gasteiger charge is -2.15. The molecule has 148 valence electrons. The highest BCUT2D eigenvalue weighted by Gasteiger charge is 2.38. The molecular formula is C20H27NO5S. The number of thioether (sulfide) groups is 1. The van der Waals surface area contributed by atoms with Gasteiger partial charge in [-0.25, -0.2) is 0 Å². The number of amides is 2. The molecule has 1 aromatic carbocycles. The standard InChI is InChI=1S/C20H27NO5S/c1-3-12-26-16-8-6-15(7-9-16)17-18(27-14-11-22)20(24)21(19(17)23)10-5-13-25-4-2/h6-9,22H,3-5,10-14H2,1-2H3. The monoisotopic (exact) mass is 393 g/mol. The third-order valence-corrected chi connectivity index (χ3v) is 5.01. The molecule has 1 aromatic rings. The van der Waals surface area contributed by atoms with Crippen LogP contribution in [0.4, 0.5) is 0 Å². The van der Waals surface area contributed by atoms with Gasteiger partial charge in [-0.05, 0) is 37.5 Å².